The second-order valence-electron chi connectivity index (χ2n) is 8.74. The Labute approximate surface area is 209 Å². The number of nitrogens with one attached hydrogen (secondary N) is 2. The van der Waals surface area contributed by atoms with Gasteiger partial charge < -0.3 is 15.4 Å². The molecule has 0 unspecified atom stereocenters. The Morgan fingerprint density at radius 2 is 1.75 bits per heavy atom. The predicted molar refractivity (Wildman–Crippen MR) is 134 cm³/mol. The summed E-state index contributed by atoms with van der Waals surface area (Å²) in [4.78, 5) is 40.1. The fourth-order valence-electron chi connectivity index (χ4n) is 4.05. The topological polar surface area (TPSA) is 87.7 Å². The minimum absolute atomic E-state index is 0.223. The molecule has 0 aromatic heterocycles. The average molecular weight is 490 g/mol. The van der Waals surface area contributed by atoms with E-state index in [0.29, 0.717) is 23.4 Å². The lowest BCUT2D eigenvalue weighted by Gasteiger charge is -2.24. The van der Waals surface area contributed by atoms with Crippen LogP contribution >= 0.6 is 0 Å². The van der Waals surface area contributed by atoms with Crippen LogP contribution in [0, 0.1) is 12.7 Å². The van der Waals surface area contributed by atoms with Crippen molar-refractivity contribution in [1.82, 2.24) is 10.2 Å². The Bertz CT molecular complexity index is 1240. The number of amides is 3. The average Bonchev–Trinajstić information content (AvgIpc) is 3.20. The Morgan fingerprint density at radius 3 is 2.44 bits per heavy atom. The summed E-state index contributed by atoms with van der Waals surface area (Å²) in [5.41, 5.74) is 3.31. The van der Waals surface area contributed by atoms with Crippen LogP contribution in [0.3, 0.4) is 0 Å². The number of ether oxygens (including phenoxy) is 1. The van der Waals surface area contributed by atoms with Crippen LogP contribution < -0.4 is 10.6 Å². The first-order chi connectivity index (χ1) is 17.4. The Kier molecular flexibility index (Phi) is 7.63. The van der Waals surface area contributed by atoms with Gasteiger partial charge in [-0.15, -0.1) is 0 Å². The van der Waals surface area contributed by atoms with Crippen molar-refractivity contribution < 1.29 is 23.5 Å². The fraction of sp³-hybridized carbons (Fsp3) is 0.250. The van der Waals surface area contributed by atoms with E-state index in [-0.39, 0.29) is 12.5 Å². The summed E-state index contributed by atoms with van der Waals surface area (Å²) in [6, 6.07) is 18.9. The van der Waals surface area contributed by atoms with Crippen LogP contribution in [0.5, 0.6) is 0 Å². The molecular weight excluding hydrogens is 461 g/mol. The molecule has 3 aromatic carbocycles. The van der Waals surface area contributed by atoms with Crippen LogP contribution in [-0.4, -0.2) is 35.4 Å². The summed E-state index contributed by atoms with van der Waals surface area (Å²) >= 11 is 0. The first kappa shape index (κ1) is 24.9. The molecule has 8 heteroatoms. The van der Waals surface area contributed by atoms with Gasteiger partial charge in [0.1, 0.15) is 5.82 Å². The van der Waals surface area contributed by atoms with Crippen molar-refractivity contribution in [2.45, 2.75) is 39.0 Å². The molecule has 1 fully saturated rings. The van der Waals surface area contributed by atoms with E-state index in [1.165, 1.54) is 29.2 Å². The maximum absolute atomic E-state index is 13.2. The van der Waals surface area contributed by atoms with Crippen molar-refractivity contribution in [3.05, 3.63) is 101 Å². The smallest absolute Gasteiger partial charge is 0.411 e. The van der Waals surface area contributed by atoms with E-state index in [0.717, 1.165) is 17.5 Å². The zero-order valence-corrected chi connectivity index (χ0v) is 20.2. The maximum atomic E-state index is 13.2. The molecule has 1 heterocycles. The number of anilines is 1. The number of benzene rings is 3. The molecule has 0 spiro atoms. The Hall–Kier alpha value is -4.20. The fourth-order valence-corrected chi connectivity index (χ4v) is 4.05. The van der Waals surface area contributed by atoms with E-state index in [1.54, 1.807) is 24.3 Å². The summed E-state index contributed by atoms with van der Waals surface area (Å²) in [6.45, 7) is 4.63. The first-order valence-corrected chi connectivity index (χ1v) is 11.8. The van der Waals surface area contributed by atoms with E-state index >= 15 is 0 Å². The molecule has 1 aliphatic heterocycles. The van der Waals surface area contributed by atoms with Gasteiger partial charge in [0, 0.05) is 17.8 Å². The number of nitrogens with zero attached hydrogens (tertiary/aromatic N) is 1. The second-order valence-corrected chi connectivity index (χ2v) is 8.74. The van der Waals surface area contributed by atoms with Crippen LogP contribution in [0.2, 0.25) is 0 Å². The zero-order valence-electron chi connectivity index (χ0n) is 20.2. The van der Waals surface area contributed by atoms with Crippen molar-refractivity contribution in [2.75, 3.05) is 11.9 Å². The normalized spacial score (nSPS) is 17.0. The van der Waals surface area contributed by atoms with E-state index in [4.69, 9.17) is 4.74 Å². The molecule has 0 bridgehead atoms. The molecule has 2 N–H and O–H groups in total. The molecule has 0 aliphatic carbocycles. The zero-order chi connectivity index (χ0) is 25.7. The van der Waals surface area contributed by atoms with Gasteiger partial charge in [-0.25, -0.2) is 9.18 Å². The van der Waals surface area contributed by atoms with Crippen molar-refractivity contribution in [2.24, 2.45) is 0 Å². The molecule has 0 radical (unpaired) electrons. The quantitative estimate of drug-likeness (QED) is 0.468. The van der Waals surface area contributed by atoms with Crippen LogP contribution in [0.25, 0.3) is 0 Å². The highest BCUT2D eigenvalue weighted by molar-refractivity contribution is 6.04. The molecule has 3 aromatic rings. The molecule has 36 heavy (non-hydrogen) atoms. The van der Waals surface area contributed by atoms with Crippen molar-refractivity contribution in [3.8, 4) is 0 Å². The minimum Gasteiger partial charge on any atom is -0.438 e. The van der Waals surface area contributed by atoms with Crippen molar-refractivity contribution in [1.29, 1.82) is 0 Å². The van der Waals surface area contributed by atoms with Crippen molar-refractivity contribution >= 4 is 23.6 Å². The molecule has 7 nitrogen and oxygen atoms in total. The summed E-state index contributed by atoms with van der Waals surface area (Å²) in [5, 5.41) is 5.65. The third-order valence-corrected chi connectivity index (χ3v) is 5.96. The monoisotopic (exact) mass is 489 g/mol. The highest BCUT2D eigenvalue weighted by atomic mass is 19.1. The number of cyclic esters (lactones) is 1. The van der Waals surface area contributed by atoms with Crippen LogP contribution in [0.1, 0.15) is 46.5 Å². The molecule has 0 saturated carbocycles. The summed E-state index contributed by atoms with van der Waals surface area (Å²) in [5.74, 6) is -1.14. The summed E-state index contributed by atoms with van der Waals surface area (Å²) in [6.07, 6.45) is -0.693. The highest BCUT2D eigenvalue weighted by Gasteiger charge is 2.46. The van der Waals surface area contributed by atoms with Crippen LogP contribution in [0.4, 0.5) is 14.9 Å². The van der Waals surface area contributed by atoms with Crippen LogP contribution in [-0.2, 0) is 16.1 Å². The first-order valence-electron chi connectivity index (χ1n) is 11.8. The molecule has 1 aliphatic rings. The van der Waals surface area contributed by atoms with Gasteiger partial charge in [-0.05, 0) is 60.9 Å². The second kappa shape index (κ2) is 11.0. The molecule has 2 atom stereocenters. The van der Waals surface area contributed by atoms with E-state index in [1.807, 2.05) is 38.1 Å². The van der Waals surface area contributed by atoms with E-state index < -0.39 is 30.0 Å². The largest absolute Gasteiger partial charge is 0.438 e. The standard InChI is InChI=1S/C28H28FN3O4/c1-3-15-30-27(34)24-25(36-28(35)32(24)17-19-9-7-18(2)8-10-19)21-5-4-6-23(16-21)31-26(33)20-11-13-22(29)14-12-20/h4-14,16,24-25H,3,15,17H2,1-2H3,(H,30,34)(H,31,33)/t24-,25-/m1/s1. The lowest BCUT2D eigenvalue weighted by atomic mass is 10.00. The number of aryl methyl sites for hydroxylation is 1. The number of hydrogen-bond donors (Lipinski definition) is 2. The number of hydrogen-bond acceptors (Lipinski definition) is 4. The van der Waals surface area contributed by atoms with E-state index in [2.05, 4.69) is 10.6 Å². The number of carbonyl (C=O) groups is 3. The summed E-state index contributed by atoms with van der Waals surface area (Å²) < 4.78 is 18.9. The third-order valence-electron chi connectivity index (χ3n) is 5.96. The van der Waals surface area contributed by atoms with Crippen molar-refractivity contribution in [3.63, 3.8) is 0 Å². The SMILES string of the molecule is CCCNC(=O)[C@H]1[C@@H](c2cccc(NC(=O)c3ccc(F)cc3)c2)OC(=O)N1Cc1ccc(C)cc1. The van der Waals surface area contributed by atoms with Crippen LogP contribution in [0.15, 0.2) is 72.8 Å². The number of halogens is 1. The van der Waals surface area contributed by atoms with Gasteiger partial charge in [0.25, 0.3) is 5.91 Å². The van der Waals surface area contributed by atoms with E-state index in [9.17, 15) is 18.8 Å². The molecule has 186 valence electrons. The molecule has 3 amide bonds. The Balaban J connectivity index is 1.59. The number of rotatable bonds is 8. The summed E-state index contributed by atoms with van der Waals surface area (Å²) in [7, 11) is 0. The minimum atomic E-state index is -0.881. The van der Waals surface area contributed by atoms with Gasteiger partial charge in [0.05, 0.1) is 6.54 Å². The molecular formula is C28H28FN3O4. The maximum Gasteiger partial charge on any atom is 0.411 e. The lowest BCUT2D eigenvalue weighted by molar-refractivity contribution is -0.126. The van der Waals surface area contributed by atoms with Gasteiger partial charge in [-0.1, -0.05) is 48.9 Å². The highest BCUT2D eigenvalue weighted by Crippen LogP contribution is 2.35. The van der Waals surface area contributed by atoms with Gasteiger partial charge in [0.2, 0.25) is 5.91 Å². The van der Waals surface area contributed by atoms with Gasteiger partial charge in [-0.2, -0.15) is 0 Å². The molecule has 4 rings (SSSR count). The number of carbonyl (C=O) groups excluding carboxylic acids is 3. The van der Waals surface area contributed by atoms with Gasteiger partial charge in [0.15, 0.2) is 12.1 Å². The predicted octanol–water partition coefficient (Wildman–Crippen LogP) is 4.97. The Morgan fingerprint density at radius 1 is 1.03 bits per heavy atom. The van der Waals surface area contributed by atoms with Gasteiger partial charge >= 0.3 is 6.09 Å². The molecule has 1 saturated heterocycles. The van der Waals surface area contributed by atoms with Gasteiger partial charge in [-0.3, -0.25) is 14.5 Å². The third kappa shape index (κ3) is 5.71. The lowest BCUT2D eigenvalue weighted by Crippen LogP contribution is -2.46.